The first kappa shape index (κ1) is 10.3. The van der Waals surface area contributed by atoms with E-state index in [4.69, 9.17) is 10.6 Å². The number of hydrogen-bond donors (Lipinski definition) is 2. The van der Waals surface area contributed by atoms with Crippen LogP contribution in [-0.4, -0.2) is 30.7 Å². The summed E-state index contributed by atoms with van der Waals surface area (Å²) in [4.78, 5) is 9.67. The summed E-state index contributed by atoms with van der Waals surface area (Å²) < 4.78 is 4.75. The molecule has 0 amide bonds. The van der Waals surface area contributed by atoms with E-state index in [1.165, 1.54) is 7.11 Å². The number of methoxy groups -OCH3 is 1. The number of hydrazine groups is 1. The fourth-order valence-corrected chi connectivity index (χ4v) is 0.736. The predicted octanol–water partition coefficient (Wildman–Crippen LogP) is -0.868. The SMILES string of the molecule is COCC(C)(C[N+](=O)[O-])NN. The van der Waals surface area contributed by atoms with Crippen LogP contribution in [0.15, 0.2) is 0 Å². The van der Waals surface area contributed by atoms with E-state index in [0.29, 0.717) is 0 Å². The number of nitrogens with two attached hydrogens (primary N) is 1. The first-order chi connectivity index (χ1) is 5.04. The van der Waals surface area contributed by atoms with Crippen molar-refractivity contribution in [2.45, 2.75) is 12.5 Å². The van der Waals surface area contributed by atoms with Crippen molar-refractivity contribution in [3.63, 3.8) is 0 Å². The second-order valence-corrected chi connectivity index (χ2v) is 2.63. The van der Waals surface area contributed by atoms with Crippen molar-refractivity contribution in [2.75, 3.05) is 20.3 Å². The molecule has 11 heavy (non-hydrogen) atoms. The number of hydrogen-bond acceptors (Lipinski definition) is 5. The molecule has 3 N–H and O–H groups in total. The Morgan fingerprint density at radius 2 is 2.36 bits per heavy atom. The lowest BCUT2D eigenvalue weighted by atomic mass is 10.1. The van der Waals surface area contributed by atoms with Gasteiger partial charge < -0.3 is 4.74 Å². The van der Waals surface area contributed by atoms with E-state index >= 15 is 0 Å². The maximum absolute atomic E-state index is 10.1. The second-order valence-electron chi connectivity index (χ2n) is 2.63. The summed E-state index contributed by atoms with van der Waals surface area (Å²) in [5.41, 5.74) is 1.56. The van der Waals surface area contributed by atoms with Gasteiger partial charge in [-0.3, -0.25) is 16.0 Å². The maximum atomic E-state index is 10.1. The lowest BCUT2D eigenvalue weighted by Crippen LogP contribution is -2.54. The Balaban J connectivity index is 3.98. The zero-order valence-corrected chi connectivity index (χ0v) is 6.66. The summed E-state index contributed by atoms with van der Waals surface area (Å²) >= 11 is 0. The lowest BCUT2D eigenvalue weighted by Gasteiger charge is -2.22. The molecule has 6 heteroatoms. The molecule has 0 bridgehead atoms. The van der Waals surface area contributed by atoms with E-state index in [-0.39, 0.29) is 13.2 Å². The molecule has 0 saturated heterocycles. The summed E-state index contributed by atoms with van der Waals surface area (Å²) in [7, 11) is 1.47. The third-order valence-corrected chi connectivity index (χ3v) is 1.29. The highest BCUT2D eigenvalue weighted by Gasteiger charge is 2.28. The Bertz CT molecular complexity index is 141. The monoisotopic (exact) mass is 163 g/mol. The van der Waals surface area contributed by atoms with Crippen molar-refractivity contribution in [2.24, 2.45) is 5.84 Å². The van der Waals surface area contributed by atoms with Crippen molar-refractivity contribution in [1.29, 1.82) is 0 Å². The minimum absolute atomic E-state index is 0.213. The van der Waals surface area contributed by atoms with Crippen LogP contribution in [0, 0.1) is 10.1 Å². The quantitative estimate of drug-likeness (QED) is 0.312. The molecule has 66 valence electrons. The lowest BCUT2D eigenvalue weighted by molar-refractivity contribution is -0.491. The largest absolute Gasteiger partial charge is 0.382 e. The van der Waals surface area contributed by atoms with Gasteiger partial charge in [-0.1, -0.05) is 0 Å². The van der Waals surface area contributed by atoms with Crippen LogP contribution in [0.25, 0.3) is 0 Å². The molecule has 0 saturated carbocycles. The van der Waals surface area contributed by atoms with Crippen LogP contribution in [0.1, 0.15) is 6.92 Å². The van der Waals surface area contributed by atoms with Gasteiger partial charge >= 0.3 is 0 Å². The molecule has 0 fully saturated rings. The Kier molecular flexibility index (Phi) is 3.94. The van der Waals surface area contributed by atoms with Gasteiger partial charge in [0.05, 0.1) is 6.61 Å². The molecule has 0 aromatic rings. The number of nitrogens with one attached hydrogen (secondary N) is 1. The molecule has 0 rings (SSSR count). The first-order valence-corrected chi connectivity index (χ1v) is 3.12. The molecule has 0 heterocycles. The second kappa shape index (κ2) is 4.22. The Hall–Kier alpha value is -0.720. The van der Waals surface area contributed by atoms with Gasteiger partial charge in [0.25, 0.3) is 0 Å². The molecule has 0 radical (unpaired) electrons. The summed E-state index contributed by atoms with van der Waals surface area (Å²) in [6.45, 7) is 1.58. The molecule has 0 aliphatic heterocycles. The summed E-state index contributed by atoms with van der Waals surface area (Å²) in [6, 6.07) is 0. The molecular weight excluding hydrogens is 150 g/mol. The van der Waals surface area contributed by atoms with E-state index in [2.05, 4.69) is 5.43 Å². The molecule has 0 aromatic heterocycles. The van der Waals surface area contributed by atoms with Gasteiger partial charge in [0.15, 0.2) is 0 Å². The fourth-order valence-electron chi connectivity index (χ4n) is 0.736. The van der Waals surface area contributed by atoms with Crippen LogP contribution < -0.4 is 11.3 Å². The van der Waals surface area contributed by atoms with Crippen molar-refractivity contribution >= 4 is 0 Å². The highest BCUT2D eigenvalue weighted by molar-refractivity contribution is 4.78. The average molecular weight is 163 g/mol. The number of rotatable bonds is 5. The van der Waals surface area contributed by atoms with Crippen molar-refractivity contribution < 1.29 is 9.66 Å². The molecule has 6 nitrogen and oxygen atoms in total. The minimum Gasteiger partial charge on any atom is -0.382 e. The Morgan fingerprint density at radius 3 is 2.64 bits per heavy atom. The summed E-state index contributed by atoms with van der Waals surface area (Å²) in [6.07, 6.45) is 0. The average Bonchev–Trinajstić information content (AvgIpc) is 1.87. The third-order valence-electron chi connectivity index (χ3n) is 1.29. The fraction of sp³-hybridized carbons (Fsp3) is 1.00. The van der Waals surface area contributed by atoms with Crippen LogP contribution in [-0.2, 0) is 4.74 Å². The first-order valence-electron chi connectivity index (χ1n) is 3.12. The van der Waals surface area contributed by atoms with Crippen LogP contribution in [0.2, 0.25) is 0 Å². The van der Waals surface area contributed by atoms with Crippen LogP contribution in [0.4, 0.5) is 0 Å². The van der Waals surface area contributed by atoms with Gasteiger partial charge in [-0.2, -0.15) is 0 Å². The van der Waals surface area contributed by atoms with E-state index < -0.39 is 10.5 Å². The smallest absolute Gasteiger partial charge is 0.225 e. The van der Waals surface area contributed by atoms with E-state index in [9.17, 15) is 10.1 Å². The number of nitro groups is 1. The predicted molar refractivity (Wildman–Crippen MR) is 39.5 cm³/mol. The Morgan fingerprint density at radius 1 is 1.82 bits per heavy atom. The molecule has 0 spiro atoms. The molecule has 0 aromatic carbocycles. The number of ether oxygens (including phenoxy) is 1. The van der Waals surface area contributed by atoms with Gasteiger partial charge in [-0.05, 0) is 6.92 Å². The van der Waals surface area contributed by atoms with Crippen molar-refractivity contribution in [3.05, 3.63) is 10.1 Å². The van der Waals surface area contributed by atoms with Gasteiger partial charge in [-0.15, -0.1) is 0 Å². The van der Waals surface area contributed by atoms with E-state index in [1.807, 2.05) is 0 Å². The van der Waals surface area contributed by atoms with E-state index in [0.717, 1.165) is 0 Å². The van der Waals surface area contributed by atoms with Crippen LogP contribution in [0.3, 0.4) is 0 Å². The molecule has 1 unspecified atom stereocenters. The molecule has 0 aliphatic rings. The standard InChI is InChI=1S/C5H13N3O3/c1-5(7-6,4-11-2)3-8(9)10/h7H,3-4,6H2,1-2H3. The van der Waals surface area contributed by atoms with Crippen molar-refractivity contribution in [3.8, 4) is 0 Å². The van der Waals surface area contributed by atoms with Crippen molar-refractivity contribution in [1.82, 2.24) is 5.43 Å². The normalized spacial score (nSPS) is 15.9. The number of nitrogens with zero attached hydrogens (tertiary/aromatic N) is 1. The summed E-state index contributed by atoms with van der Waals surface area (Å²) in [5, 5.41) is 10.1. The summed E-state index contributed by atoms with van der Waals surface area (Å²) in [5.74, 6) is 5.11. The zero-order chi connectivity index (χ0) is 8.91. The van der Waals surface area contributed by atoms with Crippen LogP contribution >= 0.6 is 0 Å². The zero-order valence-electron chi connectivity index (χ0n) is 6.66. The van der Waals surface area contributed by atoms with E-state index in [1.54, 1.807) is 6.92 Å². The Labute approximate surface area is 64.8 Å². The van der Waals surface area contributed by atoms with Gasteiger partial charge in [0, 0.05) is 12.0 Å². The van der Waals surface area contributed by atoms with Gasteiger partial charge in [0.1, 0.15) is 5.54 Å². The third kappa shape index (κ3) is 3.87. The molecule has 1 atom stereocenters. The van der Waals surface area contributed by atoms with Crippen LogP contribution in [0.5, 0.6) is 0 Å². The highest BCUT2D eigenvalue weighted by Crippen LogP contribution is 2.01. The van der Waals surface area contributed by atoms with Gasteiger partial charge in [0.2, 0.25) is 6.54 Å². The highest BCUT2D eigenvalue weighted by atomic mass is 16.6. The minimum atomic E-state index is -0.780. The topological polar surface area (TPSA) is 90.4 Å². The molecular formula is C5H13N3O3. The maximum Gasteiger partial charge on any atom is 0.225 e. The van der Waals surface area contributed by atoms with Gasteiger partial charge in [-0.25, -0.2) is 5.43 Å². The molecule has 0 aliphatic carbocycles.